The molecule has 1 aromatic carbocycles. The van der Waals surface area contributed by atoms with Crippen LogP contribution in [0.15, 0.2) is 24.3 Å². The predicted molar refractivity (Wildman–Crippen MR) is 65.5 cm³/mol. The fraction of sp³-hybridized carbons (Fsp3) is 0.167. The SMILES string of the molecule is CC(=O)SCC=Cc1cc(F)cc(C(=O)O)c1. The van der Waals surface area contributed by atoms with Crippen LogP contribution in [0.4, 0.5) is 4.39 Å². The smallest absolute Gasteiger partial charge is 0.335 e. The molecule has 0 saturated heterocycles. The summed E-state index contributed by atoms with van der Waals surface area (Å²) in [7, 11) is 0. The Morgan fingerprint density at radius 3 is 2.71 bits per heavy atom. The summed E-state index contributed by atoms with van der Waals surface area (Å²) >= 11 is 1.13. The molecule has 0 aliphatic heterocycles. The van der Waals surface area contributed by atoms with Crippen molar-refractivity contribution in [2.45, 2.75) is 6.92 Å². The van der Waals surface area contributed by atoms with Crippen LogP contribution in [-0.4, -0.2) is 21.9 Å². The van der Waals surface area contributed by atoms with Gasteiger partial charge in [-0.25, -0.2) is 9.18 Å². The lowest BCUT2D eigenvalue weighted by Gasteiger charge is -1.98. The highest BCUT2D eigenvalue weighted by molar-refractivity contribution is 8.13. The summed E-state index contributed by atoms with van der Waals surface area (Å²) in [6, 6.07) is 3.58. The molecule has 0 aromatic heterocycles. The van der Waals surface area contributed by atoms with Crippen LogP contribution in [0.3, 0.4) is 0 Å². The zero-order valence-electron chi connectivity index (χ0n) is 9.14. The van der Waals surface area contributed by atoms with Crippen LogP contribution in [0.5, 0.6) is 0 Å². The monoisotopic (exact) mass is 254 g/mol. The van der Waals surface area contributed by atoms with E-state index in [-0.39, 0.29) is 10.7 Å². The normalized spacial score (nSPS) is 10.7. The number of hydrogen-bond donors (Lipinski definition) is 1. The van der Waals surface area contributed by atoms with Crippen LogP contribution < -0.4 is 0 Å². The van der Waals surface area contributed by atoms with Gasteiger partial charge in [0.15, 0.2) is 5.12 Å². The second kappa shape index (κ2) is 6.20. The maximum atomic E-state index is 13.1. The minimum absolute atomic E-state index is 0.000109. The summed E-state index contributed by atoms with van der Waals surface area (Å²) in [6.07, 6.45) is 3.28. The molecule has 90 valence electrons. The molecule has 1 N–H and O–H groups in total. The largest absolute Gasteiger partial charge is 0.478 e. The summed E-state index contributed by atoms with van der Waals surface area (Å²) < 4.78 is 13.1. The molecule has 0 unspecified atom stereocenters. The molecule has 5 heteroatoms. The van der Waals surface area contributed by atoms with Crippen LogP contribution in [-0.2, 0) is 4.79 Å². The van der Waals surface area contributed by atoms with Gasteiger partial charge in [-0.3, -0.25) is 4.79 Å². The molecule has 0 aliphatic rings. The van der Waals surface area contributed by atoms with Gasteiger partial charge in [-0.05, 0) is 23.8 Å². The van der Waals surface area contributed by atoms with Crippen molar-refractivity contribution in [1.82, 2.24) is 0 Å². The topological polar surface area (TPSA) is 54.4 Å². The summed E-state index contributed by atoms with van der Waals surface area (Å²) in [6.45, 7) is 1.46. The number of rotatable bonds is 4. The average Bonchev–Trinajstić information content (AvgIpc) is 2.23. The maximum absolute atomic E-state index is 13.1. The van der Waals surface area contributed by atoms with Crippen molar-refractivity contribution in [2.24, 2.45) is 0 Å². The summed E-state index contributed by atoms with van der Waals surface area (Å²) in [5.74, 6) is -1.28. The van der Waals surface area contributed by atoms with Crippen molar-refractivity contribution >= 4 is 28.9 Å². The van der Waals surface area contributed by atoms with Crippen molar-refractivity contribution in [1.29, 1.82) is 0 Å². The van der Waals surface area contributed by atoms with Gasteiger partial charge in [-0.2, -0.15) is 0 Å². The number of thioether (sulfide) groups is 1. The van der Waals surface area contributed by atoms with E-state index in [1.807, 2.05) is 0 Å². The maximum Gasteiger partial charge on any atom is 0.335 e. The second-order valence-corrected chi connectivity index (χ2v) is 4.48. The van der Waals surface area contributed by atoms with Gasteiger partial charge in [-0.1, -0.05) is 23.9 Å². The molecule has 0 saturated carbocycles. The lowest BCUT2D eigenvalue weighted by molar-refractivity contribution is -0.109. The average molecular weight is 254 g/mol. The van der Waals surface area contributed by atoms with E-state index in [0.717, 1.165) is 17.8 Å². The van der Waals surface area contributed by atoms with Crippen molar-refractivity contribution in [3.05, 3.63) is 41.2 Å². The van der Waals surface area contributed by atoms with Crippen molar-refractivity contribution in [3.63, 3.8) is 0 Å². The highest BCUT2D eigenvalue weighted by Gasteiger charge is 2.05. The second-order valence-electron chi connectivity index (χ2n) is 3.28. The Hall–Kier alpha value is -1.62. The molecule has 0 fully saturated rings. The highest BCUT2D eigenvalue weighted by atomic mass is 32.2. The quantitative estimate of drug-likeness (QED) is 0.897. The Kier molecular flexibility index (Phi) is 4.90. The summed E-state index contributed by atoms with van der Waals surface area (Å²) in [5, 5.41) is 8.74. The van der Waals surface area contributed by atoms with Crippen molar-refractivity contribution in [2.75, 3.05) is 5.75 Å². The molecule has 1 rings (SSSR count). The molecule has 0 atom stereocenters. The molecule has 0 bridgehead atoms. The predicted octanol–water partition coefficient (Wildman–Crippen LogP) is 2.82. The lowest BCUT2D eigenvalue weighted by Crippen LogP contribution is -1.97. The first-order valence-corrected chi connectivity index (χ1v) is 5.81. The van der Waals surface area contributed by atoms with Gasteiger partial charge >= 0.3 is 5.97 Å². The number of hydrogen-bond acceptors (Lipinski definition) is 3. The molecular weight excluding hydrogens is 243 g/mol. The fourth-order valence-corrected chi connectivity index (χ4v) is 1.61. The third kappa shape index (κ3) is 4.82. The zero-order chi connectivity index (χ0) is 12.8. The lowest BCUT2D eigenvalue weighted by atomic mass is 10.1. The van der Waals surface area contributed by atoms with E-state index in [2.05, 4.69) is 0 Å². The number of benzene rings is 1. The van der Waals surface area contributed by atoms with Gasteiger partial charge in [0.05, 0.1) is 5.56 Å². The van der Waals surface area contributed by atoms with E-state index >= 15 is 0 Å². The molecule has 0 radical (unpaired) electrons. The standard InChI is InChI=1S/C12H11FO3S/c1-8(14)17-4-2-3-9-5-10(12(15)16)7-11(13)6-9/h2-3,5-7H,4H2,1H3,(H,15,16). The van der Waals surface area contributed by atoms with E-state index in [9.17, 15) is 14.0 Å². The molecule has 0 amide bonds. The number of carbonyl (C=O) groups excluding carboxylic acids is 1. The van der Waals surface area contributed by atoms with Gasteiger partial charge in [0.2, 0.25) is 0 Å². The minimum atomic E-state index is -1.17. The van der Waals surface area contributed by atoms with Gasteiger partial charge in [0, 0.05) is 12.7 Å². The van der Waals surface area contributed by atoms with Crippen LogP contribution in [0.25, 0.3) is 6.08 Å². The van der Waals surface area contributed by atoms with Crippen molar-refractivity contribution in [3.8, 4) is 0 Å². The van der Waals surface area contributed by atoms with Crippen LogP contribution >= 0.6 is 11.8 Å². The van der Waals surface area contributed by atoms with Crippen LogP contribution in [0.2, 0.25) is 0 Å². The van der Waals surface area contributed by atoms with Crippen LogP contribution in [0.1, 0.15) is 22.8 Å². The Labute approximate surface area is 102 Å². The molecule has 0 heterocycles. The first-order valence-electron chi connectivity index (χ1n) is 4.83. The summed E-state index contributed by atoms with van der Waals surface area (Å²) in [4.78, 5) is 21.3. The third-order valence-corrected chi connectivity index (χ3v) is 2.63. The van der Waals surface area contributed by atoms with E-state index in [0.29, 0.717) is 11.3 Å². The van der Waals surface area contributed by atoms with Gasteiger partial charge in [-0.15, -0.1) is 0 Å². The zero-order valence-corrected chi connectivity index (χ0v) is 9.96. The number of carboxylic acid groups (broad SMARTS) is 1. The van der Waals surface area contributed by atoms with Gasteiger partial charge in [0.1, 0.15) is 5.82 Å². The number of carbonyl (C=O) groups is 2. The Bertz CT molecular complexity index is 469. The number of aromatic carboxylic acids is 1. The third-order valence-electron chi connectivity index (χ3n) is 1.86. The van der Waals surface area contributed by atoms with Gasteiger partial charge in [0.25, 0.3) is 0 Å². The minimum Gasteiger partial charge on any atom is -0.478 e. The number of carboxylic acids is 1. The van der Waals surface area contributed by atoms with E-state index in [1.54, 1.807) is 12.2 Å². The van der Waals surface area contributed by atoms with Crippen molar-refractivity contribution < 1.29 is 19.1 Å². The summed E-state index contributed by atoms with van der Waals surface area (Å²) in [5.41, 5.74) is 0.371. The van der Waals surface area contributed by atoms with Gasteiger partial charge < -0.3 is 5.11 Å². The van der Waals surface area contributed by atoms with Crippen LogP contribution in [0, 0.1) is 5.82 Å². The molecule has 0 aliphatic carbocycles. The Balaban J connectivity index is 2.77. The molecule has 0 spiro atoms. The Morgan fingerprint density at radius 2 is 2.12 bits per heavy atom. The molecule has 3 nitrogen and oxygen atoms in total. The fourth-order valence-electron chi connectivity index (χ4n) is 1.18. The highest BCUT2D eigenvalue weighted by Crippen LogP contribution is 2.12. The number of halogens is 1. The molecular formula is C12H11FO3S. The van der Waals surface area contributed by atoms with E-state index in [1.165, 1.54) is 19.1 Å². The van der Waals surface area contributed by atoms with E-state index < -0.39 is 11.8 Å². The van der Waals surface area contributed by atoms with E-state index in [4.69, 9.17) is 5.11 Å². The Morgan fingerprint density at radius 1 is 1.41 bits per heavy atom. The molecule has 17 heavy (non-hydrogen) atoms. The first kappa shape index (κ1) is 13.4. The first-order chi connectivity index (χ1) is 7.99. The molecule has 1 aromatic rings.